The monoisotopic (exact) mass is 294 g/mol. The van der Waals surface area contributed by atoms with Gasteiger partial charge in [0.15, 0.2) is 5.83 Å². The molecular formula is C13H17F3O2S. The van der Waals surface area contributed by atoms with E-state index in [1.165, 1.54) is 25.1 Å². The van der Waals surface area contributed by atoms with Crippen LogP contribution < -0.4 is 0 Å². The van der Waals surface area contributed by atoms with Crippen LogP contribution in [0.5, 0.6) is 0 Å². The molecule has 0 aliphatic rings. The van der Waals surface area contributed by atoms with Gasteiger partial charge >= 0.3 is 5.25 Å². The lowest BCUT2D eigenvalue weighted by atomic mass is 10.4. The first-order chi connectivity index (χ1) is 8.84. The summed E-state index contributed by atoms with van der Waals surface area (Å²) in [6.45, 7) is 5.44. The summed E-state index contributed by atoms with van der Waals surface area (Å²) in [5.74, 6) is -1.94. The van der Waals surface area contributed by atoms with E-state index in [2.05, 4.69) is 0 Å². The molecule has 0 N–H and O–H groups in total. The number of benzene rings is 1. The molecule has 1 aromatic rings. The van der Waals surface area contributed by atoms with Gasteiger partial charge in [-0.05, 0) is 24.6 Å². The second kappa shape index (κ2) is 7.33. The van der Waals surface area contributed by atoms with Crippen molar-refractivity contribution in [3.63, 3.8) is 0 Å². The van der Waals surface area contributed by atoms with Gasteiger partial charge in [-0.15, -0.1) is 0 Å². The molecule has 0 aromatic heterocycles. The Labute approximate surface area is 111 Å². The quantitative estimate of drug-likeness (QED) is 0.827. The Balaban J connectivity index is 0.00000154. The van der Waals surface area contributed by atoms with Crippen molar-refractivity contribution >= 4 is 9.84 Å². The van der Waals surface area contributed by atoms with Gasteiger partial charge in [0.05, 0.1) is 4.90 Å². The Bertz CT molecular complexity index is 508. The lowest BCUT2D eigenvalue weighted by molar-refractivity contribution is 0.105. The van der Waals surface area contributed by atoms with E-state index in [-0.39, 0.29) is 6.42 Å². The van der Waals surface area contributed by atoms with Crippen LogP contribution in [-0.2, 0) is 9.84 Å². The molecule has 0 saturated heterocycles. The molecule has 108 valence electrons. The van der Waals surface area contributed by atoms with Crippen molar-refractivity contribution in [1.82, 2.24) is 0 Å². The number of rotatable bonds is 4. The predicted molar refractivity (Wildman–Crippen MR) is 69.4 cm³/mol. The molecule has 6 heteroatoms. The van der Waals surface area contributed by atoms with Gasteiger partial charge in [0.1, 0.15) is 0 Å². The van der Waals surface area contributed by atoms with Gasteiger partial charge in [-0.1, -0.05) is 39.0 Å². The summed E-state index contributed by atoms with van der Waals surface area (Å²) < 4.78 is 63.0. The normalized spacial score (nSPS) is 12.6. The fourth-order valence-corrected chi connectivity index (χ4v) is 2.33. The third-order valence-electron chi connectivity index (χ3n) is 2.05. The van der Waals surface area contributed by atoms with Crippen LogP contribution in [0, 0.1) is 0 Å². The first kappa shape index (κ1) is 17.7. The maximum Gasteiger partial charge on any atom is 0.400 e. The van der Waals surface area contributed by atoms with Crippen molar-refractivity contribution in [2.24, 2.45) is 0 Å². The number of hydrogen-bond donors (Lipinski definition) is 0. The van der Waals surface area contributed by atoms with E-state index in [1.807, 2.05) is 13.8 Å². The van der Waals surface area contributed by atoms with Gasteiger partial charge in [0, 0.05) is 0 Å². The van der Waals surface area contributed by atoms with E-state index in [1.54, 1.807) is 0 Å². The van der Waals surface area contributed by atoms with Gasteiger partial charge in [-0.3, -0.25) is 0 Å². The summed E-state index contributed by atoms with van der Waals surface area (Å²) >= 11 is 0. The summed E-state index contributed by atoms with van der Waals surface area (Å²) in [6.07, 6.45) is 0.548. The summed E-state index contributed by atoms with van der Waals surface area (Å²) in [5.41, 5.74) is 0. The lowest BCUT2D eigenvalue weighted by Gasteiger charge is -2.15. The zero-order chi connectivity index (χ0) is 15.1. The zero-order valence-corrected chi connectivity index (χ0v) is 11.8. The minimum absolute atomic E-state index is 0.00820. The van der Waals surface area contributed by atoms with E-state index in [9.17, 15) is 21.6 Å². The molecule has 0 aliphatic carbocycles. The molecule has 19 heavy (non-hydrogen) atoms. The Kier molecular flexibility index (Phi) is 6.83. The van der Waals surface area contributed by atoms with Gasteiger partial charge in [0.2, 0.25) is 0 Å². The zero-order valence-electron chi connectivity index (χ0n) is 11.0. The Morgan fingerprint density at radius 2 is 1.68 bits per heavy atom. The third-order valence-corrected chi connectivity index (χ3v) is 3.82. The molecule has 0 radical (unpaired) electrons. The Morgan fingerprint density at radius 3 is 2.11 bits per heavy atom. The smallest absolute Gasteiger partial charge is 0.217 e. The van der Waals surface area contributed by atoms with Crippen LogP contribution in [0.2, 0.25) is 0 Å². The standard InChI is InChI=1S/C11H11F3O2S.C2H6/c1-2-6-10(12)11(13,14)17(15,16)9-7-4-3-5-8-9;1-2/h3-8H,2H2,1H3;1-2H3/b10-6-;. The number of sulfone groups is 1. The van der Waals surface area contributed by atoms with E-state index < -0.39 is 25.8 Å². The maximum absolute atomic E-state index is 13.4. The topological polar surface area (TPSA) is 34.1 Å². The van der Waals surface area contributed by atoms with Crippen LogP contribution in [-0.4, -0.2) is 13.7 Å². The first-order valence-electron chi connectivity index (χ1n) is 5.87. The number of hydrogen-bond acceptors (Lipinski definition) is 2. The van der Waals surface area contributed by atoms with E-state index in [4.69, 9.17) is 0 Å². The third kappa shape index (κ3) is 3.83. The van der Waals surface area contributed by atoms with Crippen LogP contribution in [0.1, 0.15) is 27.2 Å². The van der Waals surface area contributed by atoms with E-state index in [0.29, 0.717) is 6.08 Å². The second-order valence-corrected chi connectivity index (χ2v) is 5.28. The van der Waals surface area contributed by atoms with Crippen molar-refractivity contribution in [2.75, 3.05) is 0 Å². The molecule has 1 rings (SSSR count). The van der Waals surface area contributed by atoms with Gasteiger partial charge in [-0.25, -0.2) is 12.8 Å². The van der Waals surface area contributed by atoms with Gasteiger partial charge in [0.25, 0.3) is 9.84 Å². The summed E-state index contributed by atoms with van der Waals surface area (Å²) in [6, 6.07) is 6.08. The molecule has 2 nitrogen and oxygen atoms in total. The highest BCUT2D eigenvalue weighted by molar-refractivity contribution is 7.92. The van der Waals surface area contributed by atoms with Crippen LogP contribution >= 0.6 is 0 Å². The Hall–Kier alpha value is -1.30. The van der Waals surface area contributed by atoms with Crippen molar-refractivity contribution < 1.29 is 21.6 Å². The minimum atomic E-state index is -5.04. The molecule has 0 fully saturated rings. The van der Waals surface area contributed by atoms with Crippen molar-refractivity contribution in [3.8, 4) is 0 Å². The summed E-state index contributed by atoms with van der Waals surface area (Å²) in [4.78, 5) is -0.607. The van der Waals surface area contributed by atoms with Crippen LogP contribution in [0.25, 0.3) is 0 Å². The van der Waals surface area contributed by atoms with Crippen molar-refractivity contribution in [3.05, 3.63) is 42.2 Å². The molecule has 0 amide bonds. The predicted octanol–water partition coefficient (Wildman–Crippen LogP) is 4.34. The van der Waals surface area contributed by atoms with Gasteiger partial charge in [-0.2, -0.15) is 8.78 Å². The lowest BCUT2D eigenvalue weighted by Crippen LogP contribution is -2.29. The fraction of sp³-hybridized carbons (Fsp3) is 0.385. The van der Waals surface area contributed by atoms with Crippen LogP contribution in [0.3, 0.4) is 0 Å². The summed E-state index contributed by atoms with van der Waals surface area (Å²) in [7, 11) is -5.04. The summed E-state index contributed by atoms with van der Waals surface area (Å²) in [5, 5.41) is -4.52. The fourth-order valence-electron chi connectivity index (χ4n) is 1.17. The van der Waals surface area contributed by atoms with Crippen LogP contribution in [0.4, 0.5) is 13.2 Å². The number of allylic oxidation sites excluding steroid dienone is 1. The molecular weight excluding hydrogens is 277 g/mol. The highest BCUT2D eigenvalue weighted by Gasteiger charge is 2.50. The average Bonchev–Trinajstić information content (AvgIpc) is 2.42. The molecule has 0 bridgehead atoms. The Morgan fingerprint density at radius 1 is 1.21 bits per heavy atom. The molecule has 0 spiro atoms. The average molecular weight is 294 g/mol. The maximum atomic E-state index is 13.4. The second-order valence-electron chi connectivity index (χ2n) is 3.29. The van der Waals surface area contributed by atoms with E-state index in [0.717, 1.165) is 12.1 Å². The van der Waals surface area contributed by atoms with Crippen molar-refractivity contribution in [2.45, 2.75) is 37.3 Å². The molecule has 0 heterocycles. The first-order valence-corrected chi connectivity index (χ1v) is 7.36. The van der Waals surface area contributed by atoms with Crippen LogP contribution in [0.15, 0.2) is 47.1 Å². The van der Waals surface area contributed by atoms with Crippen molar-refractivity contribution in [1.29, 1.82) is 0 Å². The highest BCUT2D eigenvalue weighted by Crippen LogP contribution is 2.36. The molecule has 0 unspecified atom stereocenters. The highest BCUT2D eigenvalue weighted by atomic mass is 32.2. The molecule has 0 atom stereocenters. The SMILES string of the molecule is CC.CC/C=C(\F)C(F)(F)S(=O)(=O)c1ccccc1. The molecule has 0 saturated carbocycles. The minimum Gasteiger partial charge on any atom is -0.217 e. The molecule has 1 aromatic carbocycles. The number of alkyl halides is 2. The van der Waals surface area contributed by atoms with E-state index >= 15 is 0 Å². The molecule has 0 aliphatic heterocycles. The number of halogens is 3. The largest absolute Gasteiger partial charge is 0.400 e. The van der Waals surface area contributed by atoms with Gasteiger partial charge < -0.3 is 0 Å².